The van der Waals surface area contributed by atoms with Gasteiger partial charge in [0.25, 0.3) is 0 Å². The molecule has 0 atom stereocenters. The molecule has 5 nitrogen and oxygen atoms in total. The molecular formula is C34H37NO4. The Hall–Kier alpha value is -4.25. The molecule has 4 aromatic rings. The van der Waals surface area contributed by atoms with Crippen molar-refractivity contribution in [3.05, 3.63) is 84.1 Å². The van der Waals surface area contributed by atoms with Crippen LogP contribution in [0.1, 0.15) is 38.3 Å². The molecule has 5 heteroatoms. The summed E-state index contributed by atoms with van der Waals surface area (Å²) >= 11 is 0. The van der Waals surface area contributed by atoms with Gasteiger partial charge < -0.3 is 18.9 Å². The summed E-state index contributed by atoms with van der Waals surface area (Å²) in [6, 6.07) is 16.7. The smallest absolute Gasteiger partial charge is 0.168 e. The van der Waals surface area contributed by atoms with Crippen molar-refractivity contribution in [1.29, 1.82) is 0 Å². The first-order valence-corrected chi connectivity index (χ1v) is 13.3. The topological polar surface area (TPSA) is 49.8 Å². The molecule has 0 N–H and O–H groups in total. The van der Waals surface area contributed by atoms with Crippen molar-refractivity contribution >= 4 is 16.5 Å². The van der Waals surface area contributed by atoms with Gasteiger partial charge in [0.2, 0.25) is 0 Å². The standard InChI is InChI=1S/C34H37NO4/c1-8-11-13-22(9-2)23-14-12-15-24(16-23)27-17-25(18-33(38-6)34(27)39-7)29-21-35-30-20-32(37-5)31(36-4)19-28(30)26(29)10-3/h9,11-21H,8,10H2,1-7H3/b13-11-,22-9+. The first-order chi connectivity index (χ1) is 19.0. The van der Waals surface area contributed by atoms with Gasteiger partial charge in [-0.15, -0.1) is 0 Å². The maximum atomic E-state index is 5.89. The molecule has 0 saturated carbocycles. The molecule has 4 rings (SSSR count). The van der Waals surface area contributed by atoms with E-state index >= 15 is 0 Å². The molecule has 1 heterocycles. The van der Waals surface area contributed by atoms with E-state index in [1.807, 2.05) is 24.4 Å². The number of hydrogen-bond acceptors (Lipinski definition) is 5. The van der Waals surface area contributed by atoms with Gasteiger partial charge in [0.1, 0.15) is 0 Å². The van der Waals surface area contributed by atoms with Gasteiger partial charge >= 0.3 is 0 Å². The van der Waals surface area contributed by atoms with Crippen LogP contribution in [0.15, 0.2) is 73.0 Å². The summed E-state index contributed by atoms with van der Waals surface area (Å²) in [4.78, 5) is 4.80. The number of nitrogens with zero attached hydrogens (tertiary/aromatic N) is 1. The minimum atomic E-state index is 0.662. The molecular weight excluding hydrogens is 486 g/mol. The number of aromatic nitrogens is 1. The van der Waals surface area contributed by atoms with Crippen LogP contribution in [0.3, 0.4) is 0 Å². The maximum absolute atomic E-state index is 5.89. The van der Waals surface area contributed by atoms with Crippen LogP contribution < -0.4 is 18.9 Å². The van der Waals surface area contributed by atoms with E-state index in [1.165, 1.54) is 11.1 Å². The molecule has 39 heavy (non-hydrogen) atoms. The molecule has 202 valence electrons. The van der Waals surface area contributed by atoms with E-state index in [4.69, 9.17) is 23.9 Å². The van der Waals surface area contributed by atoms with Gasteiger partial charge in [0, 0.05) is 28.8 Å². The van der Waals surface area contributed by atoms with Crippen LogP contribution in [0.5, 0.6) is 23.0 Å². The first kappa shape index (κ1) is 27.8. The minimum Gasteiger partial charge on any atom is -0.493 e. The molecule has 0 radical (unpaired) electrons. The highest BCUT2D eigenvalue weighted by Gasteiger charge is 2.19. The van der Waals surface area contributed by atoms with Crippen LogP contribution in [0, 0.1) is 0 Å². The van der Waals surface area contributed by atoms with E-state index in [0.717, 1.165) is 51.6 Å². The molecule has 0 aliphatic heterocycles. The number of allylic oxidation sites excluding steroid dienone is 4. The number of ether oxygens (including phenoxy) is 4. The Balaban J connectivity index is 1.95. The molecule has 0 bridgehead atoms. The lowest BCUT2D eigenvalue weighted by Gasteiger charge is -2.18. The number of fused-ring (bicyclic) bond motifs is 1. The summed E-state index contributed by atoms with van der Waals surface area (Å²) in [5.41, 5.74) is 8.41. The molecule has 0 saturated heterocycles. The summed E-state index contributed by atoms with van der Waals surface area (Å²) in [5.74, 6) is 2.71. The van der Waals surface area contributed by atoms with Crippen LogP contribution in [0.4, 0.5) is 0 Å². The van der Waals surface area contributed by atoms with E-state index in [2.05, 4.69) is 69.3 Å². The summed E-state index contributed by atoms with van der Waals surface area (Å²) in [5, 5.41) is 1.03. The van der Waals surface area contributed by atoms with Gasteiger partial charge in [-0.1, -0.05) is 50.3 Å². The zero-order chi connectivity index (χ0) is 27.9. The molecule has 0 aliphatic carbocycles. The van der Waals surface area contributed by atoms with Gasteiger partial charge in [-0.05, 0) is 71.9 Å². The monoisotopic (exact) mass is 523 g/mol. The van der Waals surface area contributed by atoms with Crippen molar-refractivity contribution in [3.63, 3.8) is 0 Å². The van der Waals surface area contributed by atoms with E-state index < -0.39 is 0 Å². The Morgan fingerprint density at radius 2 is 1.54 bits per heavy atom. The van der Waals surface area contributed by atoms with Crippen LogP contribution in [-0.2, 0) is 6.42 Å². The third-order valence-electron chi connectivity index (χ3n) is 6.98. The number of methoxy groups -OCH3 is 4. The summed E-state index contributed by atoms with van der Waals surface area (Å²) in [6.07, 6.45) is 10.2. The second-order valence-corrected chi connectivity index (χ2v) is 9.12. The maximum Gasteiger partial charge on any atom is 0.168 e. The highest BCUT2D eigenvalue weighted by molar-refractivity contribution is 5.92. The average molecular weight is 524 g/mol. The Morgan fingerprint density at radius 1 is 0.795 bits per heavy atom. The summed E-state index contributed by atoms with van der Waals surface area (Å²) in [6.45, 7) is 6.36. The molecule has 0 spiro atoms. The lowest BCUT2D eigenvalue weighted by atomic mass is 9.91. The van der Waals surface area contributed by atoms with Crippen molar-refractivity contribution in [2.24, 2.45) is 0 Å². The Labute approximate surface area is 231 Å². The van der Waals surface area contributed by atoms with Crippen LogP contribution in [0.2, 0.25) is 0 Å². The van der Waals surface area contributed by atoms with E-state index in [1.54, 1.807) is 28.4 Å². The van der Waals surface area contributed by atoms with E-state index in [9.17, 15) is 0 Å². The highest BCUT2D eigenvalue weighted by Crippen LogP contribution is 2.44. The first-order valence-electron chi connectivity index (χ1n) is 13.3. The zero-order valence-corrected chi connectivity index (χ0v) is 23.9. The van der Waals surface area contributed by atoms with Crippen molar-refractivity contribution in [1.82, 2.24) is 4.98 Å². The van der Waals surface area contributed by atoms with Gasteiger partial charge in [0.05, 0.1) is 34.0 Å². The van der Waals surface area contributed by atoms with Crippen LogP contribution >= 0.6 is 0 Å². The van der Waals surface area contributed by atoms with Crippen molar-refractivity contribution in [3.8, 4) is 45.3 Å². The molecule has 0 aliphatic rings. The molecule has 0 amide bonds. The number of rotatable bonds is 10. The number of pyridine rings is 1. The van der Waals surface area contributed by atoms with Crippen LogP contribution in [0.25, 0.3) is 38.7 Å². The SMILES string of the molecule is C/C=C(\C=C/CC)c1cccc(-c2cc(-c3cnc4cc(OC)c(OC)cc4c3CC)cc(OC)c2OC)c1. The van der Waals surface area contributed by atoms with Crippen LogP contribution in [-0.4, -0.2) is 33.4 Å². The van der Waals surface area contributed by atoms with Gasteiger partial charge in [-0.25, -0.2) is 0 Å². The van der Waals surface area contributed by atoms with Crippen molar-refractivity contribution in [2.45, 2.75) is 33.6 Å². The number of aryl methyl sites for hydroxylation is 1. The third-order valence-corrected chi connectivity index (χ3v) is 6.98. The predicted molar refractivity (Wildman–Crippen MR) is 161 cm³/mol. The van der Waals surface area contributed by atoms with E-state index in [-0.39, 0.29) is 0 Å². The second-order valence-electron chi connectivity index (χ2n) is 9.12. The average Bonchev–Trinajstić information content (AvgIpc) is 2.99. The Kier molecular flexibility index (Phi) is 8.92. The number of hydrogen-bond donors (Lipinski definition) is 0. The van der Waals surface area contributed by atoms with Gasteiger partial charge in [-0.2, -0.15) is 0 Å². The Bertz CT molecular complexity index is 1530. The van der Waals surface area contributed by atoms with Crippen molar-refractivity contribution in [2.75, 3.05) is 28.4 Å². The van der Waals surface area contributed by atoms with E-state index in [0.29, 0.717) is 23.0 Å². The highest BCUT2D eigenvalue weighted by atomic mass is 16.5. The summed E-state index contributed by atoms with van der Waals surface area (Å²) < 4.78 is 22.8. The fourth-order valence-corrected chi connectivity index (χ4v) is 5.01. The molecule has 1 aromatic heterocycles. The second kappa shape index (κ2) is 12.5. The molecule has 0 fully saturated rings. The lowest BCUT2D eigenvalue weighted by molar-refractivity contribution is 0.355. The minimum absolute atomic E-state index is 0.662. The molecule has 3 aromatic carbocycles. The summed E-state index contributed by atoms with van der Waals surface area (Å²) in [7, 11) is 6.64. The lowest BCUT2D eigenvalue weighted by Crippen LogP contribution is -1.98. The van der Waals surface area contributed by atoms with Gasteiger partial charge in [-0.3, -0.25) is 4.98 Å². The number of benzene rings is 3. The zero-order valence-electron chi connectivity index (χ0n) is 23.9. The normalized spacial score (nSPS) is 11.7. The quantitative estimate of drug-likeness (QED) is 0.195. The largest absolute Gasteiger partial charge is 0.493 e. The van der Waals surface area contributed by atoms with Crippen molar-refractivity contribution < 1.29 is 18.9 Å². The fourth-order valence-electron chi connectivity index (χ4n) is 5.01. The Morgan fingerprint density at radius 3 is 2.18 bits per heavy atom. The molecule has 0 unspecified atom stereocenters. The predicted octanol–water partition coefficient (Wildman–Crippen LogP) is 8.54. The third kappa shape index (κ3) is 5.49. The fraction of sp³-hybridized carbons (Fsp3) is 0.265. The van der Waals surface area contributed by atoms with Gasteiger partial charge in [0.15, 0.2) is 23.0 Å².